The van der Waals surface area contributed by atoms with Crippen LogP contribution in [0, 0.1) is 0 Å². The molecular weight excluding hydrogens is 304 g/mol. The van der Waals surface area contributed by atoms with Crippen molar-refractivity contribution in [3.63, 3.8) is 0 Å². The molecule has 0 aliphatic heterocycles. The molecule has 0 aromatic carbocycles. The molecule has 0 rings (SSSR count). The molecule has 0 aromatic rings. The van der Waals surface area contributed by atoms with Crippen LogP contribution in [0.4, 0.5) is 0 Å². The van der Waals surface area contributed by atoms with Crippen molar-refractivity contribution in [2.45, 2.75) is 76.2 Å². The van der Waals surface area contributed by atoms with Gasteiger partial charge in [0.15, 0.2) is 0 Å². The third-order valence-corrected chi connectivity index (χ3v) is 4.17. The average molecular weight is 338 g/mol. The molecule has 7 heteroatoms. The fourth-order valence-electron chi connectivity index (χ4n) is 2.57. The van der Waals surface area contributed by atoms with E-state index in [0.29, 0.717) is 6.42 Å². The van der Waals surface area contributed by atoms with Gasteiger partial charge in [-0.2, -0.15) is 0 Å². The zero-order valence-corrected chi connectivity index (χ0v) is 14.9. The van der Waals surface area contributed by atoms with Gasteiger partial charge in [-0.15, -0.1) is 0 Å². The molecule has 0 aliphatic rings. The molecule has 4 N–H and O–H groups in total. The molecule has 0 spiro atoms. The molecule has 0 aliphatic carbocycles. The molecule has 0 fully saturated rings. The maximum atomic E-state index is 11.0. The van der Waals surface area contributed by atoms with Gasteiger partial charge in [0.2, 0.25) is 0 Å². The van der Waals surface area contributed by atoms with Gasteiger partial charge in [0.1, 0.15) is 0 Å². The molecule has 6 unspecified atom stereocenters. The van der Waals surface area contributed by atoms with E-state index in [2.05, 4.69) is 0 Å². The smallest absolute Gasteiger partial charge is 0.0956 e. The van der Waals surface area contributed by atoms with E-state index in [1.165, 1.54) is 14.2 Å². The van der Waals surface area contributed by atoms with Crippen molar-refractivity contribution in [2.24, 2.45) is 0 Å². The molecule has 0 bridgehead atoms. The van der Waals surface area contributed by atoms with E-state index < -0.39 is 36.1 Å². The minimum Gasteiger partial charge on any atom is -0.394 e. The molecule has 0 saturated carbocycles. The van der Waals surface area contributed by atoms with E-state index in [4.69, 9.17) is 14.2 Å². The SMILES string of the molecule is CCC(OC)C(O)CC(O)(CC(CO)OCC(C)O)C(C)OC. The summed E-state index contributed by atoms with van der Waals surface area (Å²) in [5.74, 6) is 0. The first-order valence-corrected chi connectivity index (χ1v) is 8.10. The molecule has 0 aromatic heterocycles. The van der Waals surface area contributed by atoms with Crippen LogP contribution in [0.25, 0.3) is 0 Å². The average Bonchev–Trinajstić information content (AvgIpc) is 2.51. The number of ether oxygens (including phenoxy) is 3. The number of methoxy groups -OCH3 is 2. The van der Waals surface area contributed by atoms with Gasteiger partial charge in [0.25, 0.3) is 0 Å². The van der Waals surface area contributed by atoms with Gasteiger partial charge in [-0.1, -0.05) is 6.92 Å². The Labute approximate surface area is 139 Å². The topological polar surface area (TPSA) is 109 Å². The summed E-state index contributed by atoms with van der Waals surface area (Å²) in [6.07, 6.45) is -2.46. The fraction of sp³-hybridized carbons (Fsp3) is 1.00. The first-order chi connectivity index (χ1) is 10.7. The number of rotatable bonds is 13. The molecule has 7 nitrogen and oxygen atoms in total. The highest BCUT2D eigenvalue weighted by Crippen LogP contribution is 2.28. The standard InChI is InChI=1S/C16H34O7/c1-6-15(22-5)14(19)8-16(20,12(3)21-4)7-13(9-17)23-10-11(2)18/h11-15,17-20H,6-10H2,1-5H3. The molecule has 0 saturated heterocycles. The van der Waals surface area contributed by atoms with Crippen LogP contribution in [0.3, 0.4) is 0 Å². The summed E-state index contributed by atoms with van der Waals surface area (Å²) < 4.78 is 15.9. The summed E-state index contributed by atoms with van der Waals surface area (Å²) in [6.45, 7) is 4.92. The Kier molecular flexibility index (Phi) is 11.2. The lowest BCUT2D eigenvalue weighted by Crippen LogP contribution is -2.50. The van der Waals surface area contributed by atoms with Crippen molar-refractivity contribution in [1.82, 2.24) is 0 Å². The van der Waals surface area contributed by atoms with Crippen LogP contribution in [0.5, 0.6) is 0 Å². The van der Waals surface area contributed by atoms with Crippen molar-refractivity contribution in [3.05, 3.63) is 0 Å². The summed E-state index contributed by atoms with van der Waals surface area (Å²) in [7, 11) is 2.98. The predicted molar refractivity (Wildman–Crippen MR) is 86.3 cm³/mol. The van der Waals surface area contributed by atoms with Crippen LogP contribution in [-0.2, 0) is 14.2 Å². The van der Waals surface area contributed by atoms with Crippen molar-refractivity contribution < 1.29 is 34.6 Å². The minimum absolute atomic E-state index is 0.0306. The Balaban J connectivity index is 5.00. The number of aliphatic hydroxyl groups is 4. The van der Waals surface area contributed by atoms with Crippen molar-refractivity contribution in [1.29, 1.82) is 0 Å². The minimum atomic E-state index is -1.40. The second-order valence-electron chi connectivity index (χ2n) is 6.13. The van der Waals surface area contributed by atoms with Crippen LogP contribution < -0.4 is 0 Å². The Morgan fingerprint density at radius 1 is 1.04 bits per heavy atom. The summed E-state index contributed by atoms with van der Waals surface area (Å²) >= 11 is 0. The van der Waals surface area contributed by atoms with Gasteiger partial charge in [-0.3, -0.25) is 0 Å². The highest BCUT2D eigenvalue weighted by molar-refractivity contribution is 4.91. The molecular formula is C16H34O7. The van der Waals surface area contributed by atoms with E-state index in [0.717, 1.165) is 0 Å². The van der Waals surface area contributed by atoms with Gasteiger partial charge in [-0.05, 0) is 20.3 Å². The number of hydrogen-bond acceptors (Lipinski definition) is 7. The van der Waals surface area contributed by atoms with Crippen LogP contribution in [0.1, 0.15) is 40.0 Å². The van der Waals surface area contributed by atoms with Crippen molar-refractivity contribution in [2.75, 3.05) is 27.4 Å². The largest absolute Gasteiger partial charge is 0.394 e. The first kappa shape index (κ1) is 22.7. The molecule has 0 radical (unpaired) electrons. The first-order valence-electron chi connectivity index (χ1n) is 8.10. The normalized spacial score (nSPS) is 21.3. The van der Waals surface area contributed by atoms with Crippen LogP contribution in [-0.4, -0.2) is 84.0 Å². The Hall–Kier alpha value is -0.280. The Bertz CT molecular complexity index is 296. The molecule has 0 amide bonds. The summed E-state index contributed by atoms with van der Waals surface area (Å²) in [5.41, 5.74) is -1.40. The number of hydrogen-bond donors (Lipinski definition) is 4. The number of aliphatic hydroxyl groups excluding tert-OH is 3. The van der Waals surface area contributed by atoms with Gasteiger partial charge in [-0.25, -0.2) is 0 Å². The maximum absolute atomic E-state index is 11.0. The maximum Gasteiger partial charge on any atom is 0.0956 e. The van der Waals surface area contributed by atoms with Gasteiger partial charge >= 0.3 is 0 Å². The van der Waals surface area contributed by atoms with Gasteiger partial charge in [0, 0.05) is 27.1 Å². The van der Waals surface area contributed by atoms with E-state index in [9.17, 15) is 20.4 Å². The van der Waals surface area contributed by atoms with Gasteiger partial charge < -0.3 is 34.6 Å². The quantitative estimate of drug-likeness (QED) is 0.376. The lowest BCUT2D eigenvalue weighted by Gasteiger charge is -2.38. The van der Waals surface area contributed by atoms with Gasteiger partial charge in [0.05, 0.1) is 49.3 Å². The molecule has 0 heterocycles. The zero-order valence-electron chi connectivity index (χ0n) is 14.9. The Morgan fingerprint density at radius 2 is 1.65 bits per heavy atom. The molecule has 6 atom stereocenters. The second kappa shape index (κ2) is 11.3. The predicted octanol–water partition coefficient (Wildman–Crippen LogP) is 0.0768. The van der Waals surface area contributed by atoms with Crippen LogP contribution >= 0.6 is 0 Å². The van der Waals surface area contributed by atoms with Crippen LogP contribution in [0.2, 0.25) is 0 Å². The fourth-order valence-corrected chi connectivity index (χ4v) is 2.57. The zero-order chi connectivity index (χ0) is 18.0. The summed E-state index contributed by atoms with van der Waals surface area (Å²) in [5, 5.41) is 40.0. The second-order valence-corrected chi connectivity index (χ2v) is 6.13. The van der Waals surface area contributed by atoms with Crippen LogP contribution in [0.15, 0.2) is 0 Å². The van der Waals surface area contributed by atoms with E-state index in [1.807, 2.05) is 6.92 Å². The molecule has 23 heavy (non-hydrogen) atoms. The van der Waals surface area contributed by atoms with E-state index in [-0.39, 0.29) is 26.1 Å². The molecule has 140 valence electrons. The lowest BCUT2D eigenvalue weighted by atomic mass is 9.83. The monoisotopic (exact) mass is 338 g/mol. The highest BCUT2D eigenvalue weighted by Gasteiger charge is 2.40. The third kappa shape index (κ3) is 7.89. The van der Waals surface area contributed by atoms with Crippen molar-refractivity contribution >= 4 is 0 Å². The van der Waals surface area contributed by atoms with Crippen molar-refractivity contribution in [3.8, 4) is 0 Å². The highest BCUT2D eigenvalue weighted by atomic mass is 16.5. The summed E-state index contributed by atoms with van der Waals surface area (Å²) in [4.78, 5) is 0. The Morgan fingerprint density at radius 3 is 2.04 bits per heavy atom. The lowest BCUT2D eigenvalue weighted by molar-refractivity contribution is -0.153. The summed E-state index contributed by atoms with van der Waals surface area (Å²) in [6, 6.07) is 0. The third-order valence-electron chi connectivity index (χ3n) is 4.17. The van der Waals surface area contributed by atoms with E-state index >= 15 is 0 Å². The van der Waals surface area contributed by atoms with E-state index in [1.54, 1.807) is 13.8 Å².